The minimum atomic E-state index is -0.758. The third kappa shape index (κ3) is 10.3. The topological polar surface area (TPSA) is 27.7 Å². The molecule has 0 aliphatic heterocycles. The summed E-state index contributed by atoms with van der Waals surface area (Å²) in [6.45, 7) is 8.64. The molecule has 0 heterocycles. The van der Waals surface area contributed by atoms with Gasteiger partial charge in [-0.2, -0.15) is 0 Å². The van der Waals surface area contributed by atoms with Crippen molar-refractivity contribution in [2.45, 2.75) is 63.3 Å². The van der Waals surface area contributed by atoms with Crippen LogP contribution in [0.5, 0.6) is 0 Å². The van der Waals surface area contributed by atoms with E-state index in [1.54, 1.807) is 0 Å². The first-order chi connectivity index (χ1) is 8.18. The molecule has 0 saturated carbocycles. The molecule has 0 amide bonds. The number of rotatable bonds is 12. The van der Waals surface area contributed by atoms with Crippen molar-refractivity contribution in [2.24, 2.45) is 0 Å². The summed E-state index contributed by atoms with van der Waals surface area (Å²) < 4.78 is 16.5. The fourth-order valence-corrected chi connectivity index (χ4v) is 2.05. The van der Waals surface area contributed by atoms with Gasteiger partial charge in [0, 0.05) is 0 Å². The Labute approximate surface area is 120 Å². The molecule has 0 aromatic carbocycles. The average Bonchev–Trinajstić information content (AvgIpc) is 2.30. The third-order valence-corrected chi connectivity index (χ3v) is 3.61. The first kappa shape index (κ1) is 17.7. The van der Waals surface area contributed by atoms with Crippen LogP contribution in [0, 0.1) is 0 Å². The van der Waals surface area contributed by atoms with Gasteiger partial charge in [0.25, 0.3) is 0 Å². The number of hydrogen-bond donors (Lipinski definition) is 0. The summed E-state index contributed by atoms with van der Waals surface area (Å²) >= 11 is 1.15. The average molecular weight is 350 g/mol. The molecule has 0 bridgehead atoms. The molecule has 0 rings (SSSR count). The van der Waals surface area contributed by atoms with Crippen molar-refractivity contribution in [1.82, 2.24) is 0 Å². The van der Waals surface area contributed by atoms with Crippen LogP contribution in [0.2, 0.25) is 0 Å². The van der Waals surface area contributed by atoms with Crippen LogP contribution in [0.1, 0.15) is 59.3 Å². The van der Waals surface area contributed by atoms with Crippen LogP contribution in [-0.2, 0) is 14.2 Å². The number of unbranched alkanes of at least 4 members (excludes halogenated alkanes) is 3. The number of hydrogen-bond acceptors (Lipinski definition) is 3. The molecule has 17 heavy (non-hydrogen) atoms. The van der Waals surface area contributed by atoms with E-state index >= 15 is 0 Å². The van der Waals surface area contributed by atoms with Gasteiger partial charge in [0.15, 0.2) is 0 Å². The summed E-state index contributed by atoms with van der Waals surface area (Å²) in [7, 11) is 0. The molecule has 0 aromatic rings. The third-order valence-electron chi connectivity index (χ3n) is 2.37. The summed E-state index contributed by atoms with van der Waals surface area (Å²) in [6, 6.07) is 0. The maximum absolute atomic E-state index is 5.76. The molecule has 0 atom stereocenters. The quantitative estimate of drug-likeness (QED) is 0.307. The number of ether oxygens (including phenoxy) is 3. The van der Waals surface area contributed by atoms with Gasteiger partial charge in [0.2, 0.25) is 0 Å². The van der Waals surface area contributed by atoms with Gasteiger partial charge in [-0.3, -0.25) is 0 Å². The predicted octanol–water partition coefficient (Wildman–Crippen LogP) is 3.22. The molecule has 0 saturated heterocycles. The van der Waals surface area contributed by atoms with E-state index in [1.807, 2.05) is 0 Å². The van der Waals surface area contributed by atoms with Crippen LogP contribution in [0.3, 0.4) is 0 Å². The second-order valence-corrected chi connectivity index (χ2v) is 5.91. The summed E-state index contributed by atoms with van der Waals surface area (Å²) in [5.41, 5.74) is 0. The molecule has 0 fully saturated rings. The van der Waals surface area contributed by atoms with E-state index < -0.39 is 3.99 Å². The molecule has 0 unspecified atom stereocenters. The summed E-state index contributed by atoms with van der Waals surface area (Å²) in [4.78, 5) is 0. The Morgan fingerprint density at radius 2 is 1.00 bits per heavy atom. The second kappa shape index (κ2) is 11.8. The Balaban J connectivity index is 3.95. The zero-order chi connectivity index (χ0) is 13.0. The van der Waals surface area contributed by atoms with E-state index in [0.717, 1.165) is 80.9 Å². The van der Waals surface area contributed by atoms with Crippen molar-refractivity contribution in [3.8, 4) is 0 Å². The van der Waals surface area contributed by atoms with E-state index in [0.29, 0.717) is 0 Å². The molecule has 0 N–H and O–H groups in total. The summed E-state index contributed by atoms with van der Waals surface area (Å²) in [6.07, 6.45) is 6.58. The van der Waals surface area contributed by atoms with Crippen LogP contribution in [0.15, 0.2) is 0 Å². The molecule has 0 spiro atoms. The molecule has 0 aliphatic carbocycles. The molecular formula is C13H27O3Sn. The van der Waals surface area contributed by atoms with Crippen molar-refractivity contribution in [2.75, 3.05) is 19.8 Å². The molecule has 4 heteroatoms. The van der Waals surface area contributed by atoms with Crippen LogP contribution in [0.25, 0.3) is 0 Å². The Bertz CT molecular complexity index is 138. The van der Waals surface area contributed by atoms with Gasteiger partial charge in [-0.15, -0.1) is 0 Å². The summed E-state index contributed by atoms with van der Waals surface area (Å²) in [5, 5.41) is 0. The maximum atomic E-state index is 5.76. The van der Waals surface area contributed by atoms with Crippen molar-refractivity contribution >= 4 is 22.5 Å². The van der Waals surface area contributed by atoms with Gasteiger partial charge in [-0.25, -0.2) is 0 Å². The van der Waals surface area contributed by atoms with Gasteiger partial charge in [-0.1, -0.05) is 0 Å². The van der Waals surface area contributed by atoms with Crippen molar-refractivity contribution in [3.63, 3.8) is 0 Å². The van der Waals surface area contributed by atoms with E-state index in [1.165, 1.54) is 0 Å². The van der Waals surface area contributed by atoms with Crippen molar-refractivity contribution in [3.05, 3.63) is 0 Å². The minimum absolute atomic E-state index is 0.722. The Kier molecular flexibility index (Phi) is 12.2. The van der Waals surface area contributed by atoms with E-state index in [9.17, 15) is 0 Å². The van der Waals surface area contributed by atoms with Crippen LogP contribution in [0.4, 0.5) is 0 Å². The summed E-state index contributed by atoms with van der Waals surface area (Å²) in [5.74, 6) is 0. The Morgan fingerprint density at radius 3 is 1.24 bits per heavy atom. The van der Waals surface area contributed by atoms with Crippen molar-refractivity contribution in [1.29, 1.82) is 0 Å². The van der Waals surface area contributed by atoms with Crippen LogP contribution < -0.4 is 0 Å². The fourth-order valence-electron chi connectivity index (χ4n) is 1.18. The molecule has 3 nitrogen and oxygen atoms in total. The van der Waals surface area contributed by atoms with Gasteiger partial charge in [0.1, 0.15) is 0 Å². The molecular weight excluding hydrogens is 323 g/mol. The standard InChI is InChI=1S/C13H27O3.Sn/c1-4-7-10-14-13(15-11-8-5-2)16-12-9-6-3;/h4-12H2,1-3H3;. The van der Waals surface area contributed by atoms with Crippen molar-refractivity contribution < 1.29 is 14.2 Å². The normalized spacial score (nSPS) is 12.0. The van der Waals surface area contributed by atoms with Gasteiger partial charge >= 0.3 is 120 Å². The zero-order valence-corrected chi connectivity index (χ0v) is 14.4. The molecule has 0 aliphatic rings. The van der Waals surface area contributed by atoms with E-state index in [2.05, 4.69) is 20.8 Å². The fraction of sp³-hybridized carbons (Fsp3) is 1.00. The first-order valence-electron chi connectivity index (χ1n) is 6.85. The Morgan fingerprint density at radius 1 is 0.706 bits per heavy atom. The van der Waals surface area contributed by atoms with Gasteiger partial charge < -0.3 is 0 Å². The molecule has 101 valence electrons. The SMILES string of the molecule is CCCCO[C]([Sn])(OCCCC)OCCCC. The van der Waals surface area contributed by atoms with E-state index in [4.69, 9.17) is 14.2 Å². The molecule has 0 aromatic heterocycles. The Hall–Kier alpha value is 0.679. The van der Waals surface area contributed by atoms with Gasteiger partial charge in [0.05, 0.1) is 0 Å². The van der Waals surface area contributed by atoms with Crippen LogP contribution in [-0.4, -0.2) is 46.3 Å². The van der Waals surface area contributed by atoms with Crippen LogP contribution >= 0.6 is 0 Å². The van der Waals surface area contributed by atoms with Gasteiger partial charge in [-0.05, 0) is 0 Å². The molecule has 3 radical (unpaired) electrons. The monoisotopic (exact) mass is 351 g/mol. The zero-order valence-electron chi connectivity index (χ0n) is 11.6. The first-order valence-corrected chi connectivity index (χ1v) is 8.28. The predicted molar refractivity (Wildman–Crippen MR) is 71.1 cm³/mol. The second-order valence-electron chi connectivity index (χ2n) is 4.16. The van der Waals surface area contributed by atoms with E-state index in [-0.39, 0.29) is 0 Å².